The minimum absolute atomic E-state index is 0.0586. The summed E-state index contributed by atoms with van der Waals surface area (Å²) in [7, 11) is -4.96. The number of rotatable bonds is 5. The van der Waals surface area contributed by atoms with E-state index < -0.39 is 97.5 Å². The molecule has 18 heteroatoms. The number of nitrogens with zero attached hydrogens (tertiary/aromatic N) is 2. The Morgan fingerprint density at radius 3 is 2.50 bits per heavy atom. The van der Waals surface area contributed by atoms with Gasteiger partial charge in [-0.25, -0.2) is 35.9 Å². The monoisotopic (exact) mass is 803 g/mol. The van der Waals surface area contributed by atoms with Crippen LogP contribution in [-0.2, 0) is 47.0 Å². The lowest BCUT2D eigenvalue weighted by Crippen LogP contribution is -2.58. The quantitative estimate of drug-likeness (QED) is 0.371. The second-order valence-electron chi connectivity index (χ2n) is 15.5. The lowest BCUT2D eigenvalue weighted by Gasteiger charge is -2.30. The maximum Gasteiger partial charge on any atom is 0.410 e. The molecule has 0 bridgehead atoms. The molecule has 302 valence electrons. The van der Waals surface area contributed by atoms with E-state index in [0.29, 0.717) is 55.0 Å². The van der Waals surface area contributed by atoms with Crippen molar-refractivity contribution in [3.8, 4) is 0 Å². The fraction of sp³-hybridized carbons (Fsp3) is 0.500. The lowest BCUT2D eigenvalue weighted by atomic mass is 10.0. The molecule has 6 rings (SSSR count). The molecule has 2 aromatic carbocycles. The zero-order valence-corrected chi connectivity index (χ0v) is 31.9. The summed E-state index contributed by atoms with van der Waals surface area (Å²) in [6, 6.07) is 3.69. The first-order valence-electron chi connectivity index (χ1n) is 18.4. The SMILES string of the molecule is CC(C)(C)OC(=O)N[C@H]1CCCCCC=C[C@@H]2C[C@@]2(C(=O)NS(=O)(=O)c2cc(F)ccc2F)NC(=O)[C@@H]2C[C@@H](OC(=O)N3Cc4cccc(F)c4C3)CN2C1=O. The molecule has 0 aromatic heterocycles. The molecule has 14 nitrogen and oxygen atoms in total. The van der Waals surface area contributed by atoms with Gasteiger partial charge in [-0.05, 0) is 76.3 Å². The first-order valence-corrected chi connectivity index (χ1v) is 19.9. The average molecular weight is 804 g/mol. The number of nitrogens with one attached hydrogen (secondary N) is 3. The summed E-state index contributed by atoms with van der Waals surface area (Å²) in [4.78, 5) is 70.0. The van der Waals surface area contributed by atoms with Crippen LogP contribution in [0.25, 0.3) is 0 Å². The van der Waals surface area contributed by atoms with Crippen molar-refractivity contribution in [1.29, 1.82) is 0 Å². The number of carbonyl (C=O) groups excluding carboxylic acids is 5. The molecule has 3 heterocycles. The van der Waals surface area contributed by atoms with Crippen molar-refractivity contribution in [2.24, 2.45) is 5.92 Å². The number of hydrogen-bond acceptors (Lipinski definition) is 9. The molecule has 0 spiro atoms. The summed E-state index contributed by atoms with van der Waals surface area (Å²) in [5, 5.41) is 5.25. The molecule has 5 atom stereocenters. The van der Waals surface area contributed by atoms with Crippen LogP contribution in [0.5, 0.6) is 0 Å². The first kappa shape index (κ1) is 40.5. The molecule has 2 aromatic rings. The third-order valence-electron chi connectivity index (χ3n) is 10.2. The molecule has 3 N–H and O–H groups in total. The normalized spacial score (nSPS) is 25.5. The minimum atomic E-state index is -4.96. The molecule has 56 heavy (non-hydrogen) atoms. The van der Waals surface area contributed by atoms with E-state index in [2.05, 4.69) is 10.6 Å². The fourth-order valence-electron chi connectivity index (χ4n) is 7.29. The standard InChI is InChI=1S/C38H44F3N5O9S/c1-37(2,3)55-35(50)42-29-13-8-6-4-5-7-11-23-18-38(23,34(49)44-56(52,53)31-16-24(39)14-15-28(31)41)43-32(47)30-17-25(20-46(30)33(29)48)54-36(51)45-19-22-10-9-12-27(40)26(22)21-45/h7,9-12,14-16,23,25,29-30H,4-6,8,13,17-21H2,1-3H3,(H,42,50)(H,43,47)(H,44,49)/t23-,25-,29+,30+,38-/m1/s1. The Kier molecular flexibility index (Phi) is 11.4. The highest BCUT2D eigenvalue weighted by Gasteiger charge is 2.62. The Morgan fingerprint density at radius 2 is 1.77 bits per heavy atom. The van der Waals surface area contributed by atoms with Gasteiger partial charge in [0, 0.05) is 24.4 Å². The molecule has 1 aliphatic carbocycles. The molecule has 2 fully saturated rings. The summed E-state index contributed by atoms with van der Waals surface area (Å²) in [6.07, 6.45) is 2.92. The number of benzene rings is 2. The fourth-order valence-corrected chi connectivity index (χ4v) is 8.42. The number of alkyl carbamates (subject to hydrolysis) is 1. The van der Waals surface area contributed by atoms with Crippen molar-refractivity contribution in [2.45, 2.75) is 113 Å². The van der Waals surface area contributed by atoms with Crippen LogP contribution in [0.15, 0.2) is 53.4 Å². The highest BCUT2D eigenvalue weighted by molar-refractivity contribution is 7.90. The number of carbonyl (C=O) groups is 5. The van der Waals surface area contributed by atoms with Crippen molar-refractivity contribution >= 4 is 39.9 Å². The summed E-state index contributed by atoms with van der Waals surface area (Å²) in [5.41, 5.74) is -1.82. The van der Waals surface area contributed by atoms with Gasteiger partial charge in [-0.2, -0.15) is 0 Å². The van der Waals surface area contributed by atoms with Crippen molar-refractivity contribution in [1.82, 2.24) is 25.2 Å². The topological polar surface area (TPSA) is 181 Å². The van der Waals surface area contributed by atoms with Crippen LogP contribution < -0.4 is 15.4 Å². The zero-order chi connectivity index (χ0) is 40.6. The molecule has 0 radical (unpaired) electrons. The van der Waals surface area contributed by atoms with Crippen molar-refractivity contribution in [3.05, 3.63) is 77.1 Å². The Morgan fingerprint density at radius 1 is 1.00 bits per heavy atom. The highest BCUT2D eigenvalue weighted by Crippen LogP contribution is 2.46. The van der Waals surface area contributed by atoms with Crippen molar-refractivity contribution in [3.63, 3.8) is 0 Å². The molecule has 4 aliphatic rings. The van der Waals surface area contributed by atoms with Gasteiger partial charge in [-0.15, -0.1) is 0 Å². The van der Waals surface area contributed by atoms with E-state index in [1.54, 1.807) is 43.7 Å². The Hall–Kier alpha value is -5.13. The molecule has 1 saturated heterocycles. The van der Waals surface area contributed by atoms with Crippen LogP contribution in [0.2, 0.25) is 0 Å². The van der Waals surface area contributed by atoms with Crippen LogP contribution in [0.3, 0.4) is 0 Å². The van der Waals surface area contributed by atoms with E-state index in [-0.39, 0.29) is 38.9 Å². The maximum absolute atomic E-state index is 14.5. The van der Waals surface area contributed by atoms with Gasteiger partial charge < -0.3 is 25.0 Å². The van der Waals surface area contributed by atoms with Crippen LogP contribution >= 0.6 is 0 Å². The second-order valence-corrected chi connectivity index (χ2v) is 17.2. The molecular formula is C38H44F3N5O9S. The molecule has 5 amide bonds. The third kappa shape index (κ3) is 8.95. The highest BCUT2D eigenvalue weighted by atomic mass is 32.2. The maximum atomic E-state index is 14.5. The van der Waals surface area contributed by atoms with Crippen LogP contribution in [-0.4, -0.2) is 84.0 Å². The number of ether oxygens (including phenoxy) is 2. The predicted molar refractivity (Wildman–Crippen MR) is 192 cm³/mol. The smallest absolute Gasteiger partial charge is 0.410 e. The van der Waals surface area contributed by atoms with Gasteiger partial charge in [-0.3, -0.25) is 19.3 Å². The average Bonchev–Trinajstić information content (AvgIpc) is 3.41. The Bertz CT molecular complexity index is 2060. The van der Waals surface area contributed by atoms with Gasteiger partial charge >= 0.3 is 12.2 Å². The van der Waals surface area contributed by atoms with Crippen LogP contribution in [0.1, 0.15) is 76.8 Å². The summed E-state index contributed by atoms with van der Waals surface area (Å²) >= 11 is 0. The molecular weight excluding hydrogens is 760 g/mol. The minimum Gasteiger partial charge on any atom is -0.444 e. The number of allylic oxidation sites excluding steroid dienone is 1. The van der Waals surface area contributed by atoms with Gasteiger partial charge in [0.1, 0.15) is 51.7 Å². The lowest BCUT2D eigenvalue weighted by molar-refractivity contribution is -0.141. The van der Waals surface area contributed by atoms with Crippen molar-refractivity contribution in [2.75, 3.05) is 6.54 Å². The number of amides is 5. The summed E-state index contributed by atoms with van der Waals surface area (Å²) in [6.45, 7) is 4.69. The third-order valence-corrected chi connectivity index (χ3v) is 11.5. The van der Waals surface area contributed by atoms with E-state index in [9.17, 15) is 45.6 Å². The van der Waals surface area contributed by atoms with Gasteiger partial charge in [0.05, 0.1) is 13.1 Å². The van der Waals surface area contributed by atoms with Crippen LogP contribution in [0, 0.1) is 23.4 Å². The molecule has 1 saturated carbocycles. The van der Waals surface area contributed by atoms with Crippen LogP contribution in [0.4, 0.5) is 22.8 Å². The zero-order valence-electron chi connectivity index (χ0n) is 31.1. The number of sulfonamides is 1. The first-order chi connectivity index (χ1) is 26.4. The predicted octanol–water partition coefficient (Wildman–Crippen LogP) is 4.32. The molecule has 3 aliphatic heterocycles. The summed E-state index contributed by atoms with van der Waals surface area (Å²) < 4.78 is 82.1. The van der Waals surface area contributed by atoms with E-state index in [1.807, 2.05) is 0 Å². The van der Waals surface area contributed by atoms with E-state index in [4.69, 9.17) is 9.47 Å². The molecule has 0 unspecified atom stereocenters. The number of fused-ring (bicyclic) bond motifs is 3. The largest absolute Gasteiger partial charge is 0.444 e. The van der Waals surface area contributed by atoms with E-state index in [1.165, 1.54) is 17.0 Å². The van der Waals surface area contributed by atoms with E-state index in [0.717, 1.165) is 4.90 Å². The number of hydrogen-bond donors (Lipinski definition) is 3. The van der Waals surface area contributed by atoms with Gasteiger partial charge in [0.2, 0.25) is 11.8 Å². The van der Waals surface area contributed by atoms with Gasteiger partial charge in [0.25, 0.3) is 15.9 Å². The van der Waals surface area contributed by atoms with Gasteiger partial charge in [0.15, 0.2) is 0 Å². The number of halogens is 3. The Labute approximate surface area is 322 Å². The Balaban J connectivity index is 1.27. The van der Waals surface area contributed by atoms with Crippen molar-refractivity contribution < 1.29 is 55.0 Å². The second kappa shape index (κ2) is 15.8. The van der Waals surface area contributed by atoms with E-state index >= 15 is 0 Å². The summed E-state index contributed by atoms with van der Waals surface area (Å²) in [5.74, 6) is -6.34. The van der Waals surface area contributed by atoms with Gasteiger partial charge in [-0.1, -0.05) is 37.1 Å².